The summed E-state index contributed by atoms with van der Waals surface area (Å²) in [6.45, 7) is 8.90. The monoisotopic (exact) mass is 413 g/mol. The summed E-state index contributed by atoms with van der Waals surface area (Å²) >= 11 is 1.57. The predicted octanol–water partition coefficient (Wildman–Crippen LogP) is 3.50. The SMILES string of the molecule is COc1ccc(SC(C)C(=O)NCC(C)N2CCN(c3ccccc3)CC2)cc1. The second-order valence-electron chi connectivity index (χ2n) is 7.39. The van der Waals surface area contributed by atoms with Crippen molar-refractivity contribution in [1.82, 2.24) is 10.2 Å². The molecule has 2 aromatic rings. The molecule has 2 atom stereocenters. The minimum absolute atomic E-state index is 0.0839. The average molecular weight is 414 g/mol. The highest BCUT2D eigenvalue weighted by atomic mass is 32.2. The minimum Gasteiger partial charge on any atom is -0.497 e. The summed E-state index contributed by atoms with van der Waals surface area (Å²) in [4.78, 5) is 18.5. The minimum atomic E-state index is -0.134. The molecule has 2 aromatic carbocycles. The molecule has 0 saturated carbocycles. The number of methoxy groups -OCH3 is 1. The Hall–Kier alpha value is -2.18. The fourth-order valence-corrected chi connectivity index (χ4v) is 4.38. The van der Waals surface area contributed by atoms with E-state index in [1.807, 2.05) is 31.2 Å². The lowest BCUT2D eigenvalue weighted by Gasteiger charge is -2.39. The van der Waals surface area contributed by atoms with Gasteiger partial charge in [-0.1, -0.05) is 18.2 Å². The molecular weight excluding hydrogens is 382 g/mol. The predicted molar refractivity (Wildman–Crippen MR) is 121 cm³/mol. The van der Waals surface area contributed by atoms with Crippen molar-refractivity contribution in [3.8, 4) is 5.75 Å². The molecule has 0 radical (unpaired) electrons. The standard InChI is InChI=1S/C23H31N3O2S/c1-18(25-13-15-26(16-14-25)20-7-5-4-6-8-20)17-24-23(27)19(2)29-22-11-9-21(28-3)10-12-22/h4-12,18-19H,13-17H2,1-3H3,(H,24,27). The van der Waals surface area contributed by atoms with Crippen LogP contribution in [0.1, 0.15) is 13.8 Å². The number of hydrogen-bond donors (Lipinski definition) is 1. The van der Waals surface area contributed by atoms with Crippen LogP contribution in [0.15, 0.2) is 59.5 Å². The number of carbonyl (C=O) groups is 1. The molecule has 0 aromatic heterocycles. The first-order chi connectivity index (χ1) is 14.1. The van der Waals surface area contributed by atoms with Crippen molar-refractivity contribution in [3.05, 3.63) is 54.6 Å². The fraction of sp³-hybridized carbons (Fsp3) is 0.435. The Balaban J connectivity index is 1.40. The number of benzene rings is 2. The number of anilines is 1. The molecule has 5 nitrogen and oxygen atoms in total. The summed E-state index contributed by atoms with van der Waals surface area (Å²) in [5.74, 6) is 0.910. The van der Waals surface area contributed by atoms with Crippen molar-refractivity contribution in [2.24, 2.45) is 0 Å². The summed E-state index contributed by atoms with van der Waals surface area (Å²) < 4.78 is 5.18. The van der Waals surface area contributed by atoms with Crippen molar-refractivity contribution in [2.45, 2.75) is 30.0 Å². The first-order valence-electron chi connectivity index (χ1n) is 10.2. The third-order valence-corrected chi connectivity index (χ3v) is 6.48. The van der Waals surface area contributed by atoms with E-state index in [1.165, 1.54) is 5.69 Å². The molecule has 29 heavy (non-hydrogen) atoms. The number of carbonyl (C=O) groups excluding carboxylic acids is 1. The Kier molecular flexibility index (Phi) is 7.83. The maximum Gasteiger partial charge on any atom is 0.233 e. The van der Waals surface area contributed by atoms with Gasteiger partial charge in [0.25, 0.3) is 0 Å². The molecule has 0 aliphatic carbocycles. The molecule has 1 amide bonds. The molecule has 6 heteroatoms. The highest BCUT2D eigenvalue weighted by molar-refractivity contribution is 8.00. The lowest BCUT2D eigenvalue weighted by atomic mass is 10.2. The maximum atomic E-state index is 12.5. The summed E-state index contributed by atoms with van der Waals surface area (Å²) in [7, 11) is 1.65. The van der Waals surface area contributed by atoms with Gasteiger partial charge >= 0.3 is 0 Å². The van der Waals surface area contributed by atoms with Gasteiger partial charge < -0.3 is 15.0 Å². The molecule has 0 spiro atoms. The molecule has 156 valence electrons. The third kappa shape index (κ3) is 6.15. The zero-order chi connectivity index (χ0) is 20.6. The Morgan fingerprint density at radius 1 is 1.03 bits per heavy atom. The van der Waals surface area contributed by atoms with Gasteiger partial charge in [-0.25, -0.2) is 0 Å². The number of nitrogens with zero attached hydrogens (tertiary/aromatic N) is 2. The quantitative estimate of drug-likeness (QED) is 0.671. The van der Waals surface area contributed by atoms with E-state index in [4.69, 9.17) is 4.74 Å². The summed E-state index contributed by atoms with van der Waals surface area (Å²) in [6.07, 6.45) is 0. The molecule has 3 rings (SSSR count). The molecule has 1 saturated heterocycles. The van der Waals surface area contributed by atoms with Crippen LogP contribution in [0.25, 0.3) is 0 Å². The number of ether oxygens (including phenoxy) is 1. The van der Waals surface area contributed by atoms with E-state index in [0.717, 1.165) is 36.8 Å². The summed E-state index contributed by atoms with van der Waals surface area (Å²) in [6, 6.07) is 18.7. The van der Waals surface area contributed by atoms with Crippen molar-refractivity contribution in [3.63, 3.8) is 0 Å². The van der Waals surface area contributed by atoms with E-state index in [1.54, 1.807) is 18.9 Å². The first-order valence-corrected chi connectivity index (χ1v) is 11.1. The number of rotatable bonds is 8. The Bertz CT molecular complexity index is 761. The highest BCUT2D eigenvalue weighted by Crippen LogP contribution is 2.25. The molecule has 1 heterocycles. The number of piperazine rings is 1. The molecule has 1 aliphatic heterocycles. The summed E-state index contributed by atoms with van der Waals surface area (Å²) in [5, 5.41) is 2.99. The summed E-state index contributed by atoms with van der Waals surface area (Å²) in [5.41, 5.74) is 1.29. The van der Waals surface area contributed by atoms with Crippen LogP contribution in [0, 0.1) is 0 Å². The molecule has 1 fully saturated rings. The van der Waals surface area contributed by atoms with Crippen LogP contribution in [0.5, 0.6) is 5.75 Å². The molecular formula is C23H31N3O2S. The topological polar surface area (TPSA) is 44.8 Å². The van der Waals surface area contributed by atoms with Crippen molar-refractivity contribution in [1.29, 1.82) is 0 Å². The van der Waals surface area contributed by atoms with E-state index in [9.17, 15) is 4.79 Å². The van der Waals surface area contributed by atoms with Gasteiger partial charge in [-0.15, -0.1) is 11.8 Å². The smallest absolute Gasteiger partial charge is 0.233 e. The van der Waals surface area contributed by atoms with E-state index >= 15 is 0 Å². The van der Waals surface area contributed by atoms with Crippen molar-refractivity contribution in [2.75, 3.05) is 44.7 Å². The van der Waals surface area contributed by atoms with Gasteiger partial charge in [0.05, 0.1) is 12.4 Å². The second kappa shape index (κ2) is 10.6. The number of amides is 1. The normalized spacial score (nSPS) is 16.9. The van der Waals surface area contributed by atoms with Crippen LogP contribution in [0.4, 0.5) is 5.69 Å². The van der Waals surface area contributed by atoms with Gasteiger partial charge in [-0.3, -0.25) is 9.69 Å². The lowest BCUT2D eigenvalue weighted by molar-refractivity contribution is -0.120. The number of hydrogen-bond acceptors (Lipinski definition) is 5. The molecule has 1 aliphatic rings. The Morgan fingerprint density at radius 2 is 1.69 bits per heavy atom. The van der Waals surface area contributed by atoms with Crippen LogP contribution in [0.3, 0.4) is 0 Å². The van der Waals surface area contributed by atoms with Gasteiger partial charge in [0.1, 0.15) is 5.75 Å². The average Bonchev–Trinajstić information content (AvgIpc) is 2.78. The fourth-order valence-electron chi connectivity index (χ4n) is 3.49. The van der Waals surface area contributed by atoms with Gasteiger partial charge in [0.15, 0.2) is 0 Å². The van der Waals surface area contributed by atoms with Crippen LogP contribution >= 0.6 is 11.8 Å². The maximum absolute atomic E-state index is 12.5. The van der Waals surface area contributed by atoms with Crippen LogP contribution in [0.2, 0.25) is 0 Å². The molecule has 2 unspecified atom stereocenters. The van der Waals surface area contributed by atoms with Gasteiger partial charge in [-0.05, 0) is 50.2 Å². The number of para-hydroxylation sites is 1. The van der Waals surface area contributed by atoms with Crippen LogP contribution in [-0.2, 0) is 4.79 Å². The van der Waals surface area contributed by atoms with Gasteiger partial charge in [0.2, 0.25) is 5.91 Å². The number of nitrogens with one attached hydrogen (secondary N) is 1. The van der Waals surface area contributed by atoms with E-state index in [0.29, 0.717) is 12.6 Å². The molecule has 1 N–H and O–H groups in total. The van der Waals surface area contributed by atoms with E-state index in [-0.39, 0.29) is 11.2 Å². The first kappa shape index (κ1) is 21.5. The van der Waals surface area contributed by atoms with E-state index < -0.39 is 0 Å². The molecule has 0 bridgehead atoms. The zero-order valence-corrected chi connectivity index (χ0v) is 18.3. The van der Waals surface area contributed by atoms with Gasteiger partial charge in [0, 0.05) is 49.3 Å². The van der Waals surface area contributed by atoms with Crippen molar-refractivity contribution >= 4 is 23.4 Å². The Morgan fingerprint density at radius 3 is 2.31 bits per heavy atom. The zero-order valence-electron chi connectivity index (χ0n) is 17.5. The van der Waals surface area contributed by atoms with Crippen LogP contribution in [-0.4, -0.2) is 61.9 Å². The highest BCUT2D eigenvalue weighted by Gasteiger charge is 2.22. The lowest BCUT2D eigenvalue weighted by Crippen LogP contribution is -2.52. The number of thioether (sulfide) groups is 1. The van der Waals surface area contributed by atoms with Crippen LogP contribution < -0.4 is 15.0 Å². The largest absolute Gasteiger partial charge is 0.497 e. The second-order valence-corrected chi connectivity index (χ2v) is 8.80. The van der Waals surface area contributed by atoms with E-state index in [2.05, 4.69) is 52.4 Å². The Labute approximate surface area is 178 Å². The third-order valence-electron chi connectivity index (χ3n) is 5.37. The van der Waals surface area contributed by atoms with Gasteiger partial charge in [-0.2, -0.15) is 0 Å². The van der Waals surface area contributed by atoms with Crippen molar-refractivity contribution < 1.29 is 9.53 Å².